The van der Waals surface area contributed by atoms with Gasteiger partial charge in [0.05, 0.1) is 22.7 Å². The average Bonchev–Trinajstić information content (AvgIpc) is 2.96. The van der Waals surface area contributed by atoms with Crippen LogP contribution in [0.15, 0.2) is 17.5 Å². The van der Waals surface area contributed by atoms with Gasteiger partial charge in [-0.3, -0.25) is 9.89 Å². The van der Waals surface area contributed by atoms with Crippen LogP contribution in [0.4, 0.5) is 0 Å². The summed E-state index contributed by atoms with van der Waals surface area (Å²) in [5, 5.41) is 13.9. The fourth-order valence-electron chi connectivity index (χ4n) is 1.84. The molecule has 0 aliphatic rings. The van der Waals surface area contributed by atoms with Crippen molar-refractivity contribution in [2.24, 2.45) is 0 Å². The maximum Gasteiger partial charge on any atom is 0.309 e. The minimum absolute atomic E-state index is 0.0704. The molecule has 92 valence electrons. The molecule has 18 heavy (non-hydrogen) atoms. The first-order valence-electron chi connectivity index (χ1n) is 5.35. The second-order valence-corrected chi connectivity index (χ2v) is 4.85. The van der Waals surface area contributed by atoms with Crippen LogP contribution in [0.3, 0.4) is 0 Å². The quantitative estimate of drug-likeness (QED) is 0.752. The number of hydrogen-bond acceptors (Lipinski definition) is 4. The van der Waals surface area contributed by atoms with Gasteiger partial charge < -0.3 is 5.11 Å². The zero-order valence-electron chi connectivity index (χ0n) is 9.54. The van der Waals surface area contributed by atoms with Gasteiger partial charge in [0, 0.05) is 0 Å². The number of aliphatic carboxylic acids is 1. The Balaban J connectivity index is 2.13. The first kappa shape index (κ1) is 11.0. The molecule has 3 aromatic rings. The number of carboxylic acid groups (broad SMARTS) is 1. The highest BCUT2D eigenvalue weighted by Crippen LogP contribution is 2.22. The monoisotopic (exact) mass is 262 g/mol. The molecule has 0 aliphatic heterocycles. The number of nitrogens with one attached hydrogen (secondary N) is 1. The maximum atomic E-state index is 10.8. The average molecular weight is 262 g/mol. The topological polar surface area (TPSA) is 83.3 Å². The summed E-state index contributed by atoms with van der Waals surface area (Å²) < 4.78 is 1.64. The summed E-state index contributed by atoms with van der Waals surface area (Å²) in [5.41, 5.74) is 1.32. The highest BCUT2D eigenvalue weighted by atomic mass is 32.1. The standard InChI is InChI=1S/C11H10N4O2S/c1-6-7(5-9(16)17)15-11(12-6)13-10(14-15)8-3-2-4-18-8/h2-4H,5H2,1H3,(H,16,17)(H,12,13,14). The molecule has 7 heteroatoms. The van der Waals surface area contributed by atoms with E-state index < -0.39 is 5.97 Å². The first-order chi connectivity index (χ1) is 8.65. The van der Waals surface area contributed by atoms with Gasteiger partial charge in [0.2, 0.25) is 0 Å². The molecule has 3 rings (SSSR count). The Morgan fingerprint density at radius 3 is 3.06 bits per heavy atom. The number of fused-ring (bicyclic) bond motifs is 1. The highest BCUT2D eigenvalue weighted by Gasteiger charge is 2.16. The number of rotatable bonds is 3. The number of imidazole rings is 1. The van der Waals surface area contributed by atoms with Gasteiger partial charge in [0.25, 0.3) is 5.78 Å². The largest absolute Gasteiger partial charge is 0.481 e. The smallest absolute Gasteiger partial charge is 0.309 e. The molecule has 0 aromatic carbocycles. The van der Waals surface area contributed by atoms with Crippen molar-refractivity contribution in [3.05, 3.63) is 28.9 Å². The third-order valence-electron chi connectivity index (χ3n) is 2.66. The fraction of sp³-hybridized carbons (Fsp3) is 0.182. The van der Waals surface area contributed by atoms with Crippen LogP contribution in [0.2, 0.25) is 0 Å². The molecule has 0 saturated carbocycles. The van der Waals surface area contributed by atoms with Gasteiger partial charge in [0.1, 0.15) is 0 Å². The molecule has 6 nitrogen and oxygen atoms in total. The number of nitrogens with zero attached hydrogens (tertiary/aromatic N) is 3. The molecule has 0 amide bonds. The van der Waals surface area contributed by atoms with E-state index in [1.54, 1.807) is 22.8 Å². The molecule has 0 saturated heterocycles. The van der Waals surface area contributed by atoms with Crippen molar-refractivity contribution >= 4 is 23.1 Å². The van der Waals surface area contributed by atoms with Gasteiger partial charge >= 0.3 is 5.97 Å². The Labute approximate surface area is 106 Å². The summed E-state index contributed by atoms with van der Waals surface area (Å²) in [5.74, 6) is 0.332. The number of carbonyl (C=O) groups is 1. The molecular weight excluding hydrogens is 252 g/mol. The van der Waals surface area contributed by atoms with E-state index in [0.29, 0.717) is 23.0 Å². The van der Waals surface area contributed by atoms with Crippen LogP contribution in [-0.2, 0) is 11.2 Å². The molecule has 3 aromatic heterocycles. The molecular formula is C11H10N4O2S. The number of hydrogen-bond donors (Lipinski definition) is 2. The number of aryl methyl sites for hydroxylation is 1. The van der Waals surface area contributed by atoms with Gasteiger partial charge in [-0.2, -0.15) is 4.98 Å². The lowest BCUT2D eigenvalue weighted by Gasteiger charge is -1.96. The SMILES string of the molecule is Cc1nc2nc(-c3cccs3)[nH]n2c1CC(=O)O. The first-order valence-corrected chi connectivity index (χ1v) is 6.22. The van der Waals surface area contributed by atoms with Crippen molar-refractivity contribution in [1.29, 1.82) is 0 Å². The molecule has 0 spiro atoms. The van der Waals surface area contributed by atoms with Crippen LogP contribution in [0.25, 0.3) is 16.5 Å². The van der Waals surface area contributed by atoms with E-state index in [0.717, 1.165) is 4.88 Å². The Morgan fingerprint density at radius 2 is 2.39 bits per heavy atom. The molecule has 0 atom stereocenters. The normalized spacial score (nSPS) is 11.2. The van der Waals surface area contributed by atoms with E-state index in [1.807, 2.05) is 17.5 Å². The number of thiophene rings is 1. The van der Waals surface area contributed by atoms with Crippen molar-refractivity contribution in [3.8, 4) is 10.7 Å². The number of aromatic amines is 1. The minimum atomic E-state index is -0.882. The molecule has 3 heterocycles. The number of aromatic nitrogens is 4. The zero-order chi connectivity index (χ0) is 12.7. The fourth-order valence-corrected chi connectivity index (χ4v) is 2.51. The third kappa shape index (κ3) is 1.68. The van der Waals surface area contributed by atoms with Crippen LogP contribution in [0.5, 0.6) is 0 Å². The number of carboxylic acids is 1. The van der Waals surface area contributed by atoms with Gasteiger partial charge in [-0.1, -0.05) is 6.07 Å². The Kier molecular flexibility index (Phi) is 2.41. The van der Waals surface area contributed by atoms with Gasteiger partial charge in [-0.15, -0.1) is 11.3 Å². The second-order valence-electron chi connectivity index (χ2n) is 3.90. The van der Waals surface area contributed by atoms with E-state index in [4.69, 9.17) is 5.11 Å². The minimum Gasteiger partial charge on any atom is -0.481 e. The van der Waals surface area contributed by atoms with E-state index in [9.17, 15) is 4.79 Å². The summed E-state index contributed by atoms with van der Waals surface area (Å²) in [6.45, 7) is 1.78. The molecule has 0 radical (unpaired) electrons. The van der Waals surface area contributed by atoms with Crippen molar-refractivity contribution in [2.75, 3.05) is 0 Å². The third-order valence-corrected chi connectivity index (χ3v) is 3.53. The Hall–Kier alpha value is -2.15. The molecule has 0 fully saturated rings. The second kappa shape index (κ2) is 3.95. The summed E-state index contributed by atoms with van der Waals surface area (Å²) in [6, 6.07) is 3.89. The van der Waals surface area contributed by atoms with Crippen LogP contribution in [0.1, 0.15) is 11.4 Å². The molecule has 0 unspecified atom stereocenters. The van der Waals surface area contributed by atoms with Gasteiger partial charge in [-0.25, -0.2) is 9.50 Å². The Morgan fingerprint density at radius 1 is 1.56 bits per heavy atom. The van der Waals surface area contributed by atoms with Crippen molar-refractivity contribution in [2.45, 2.75) is 13.3 Å². The lowest BCUT2D eigenvalue weighted by atomic mass is 10.3. The van der Waals surface area contributed by atoms with Crippen molar-refractivity contribution in [3.63, 3.8) is 0 Å². The molecule has 0 bridgehead atoms. The summed E-state index contributed by atoms with van der Waals surface area (Å²) in [7, 11) is 0. The van der Waals surface area contributed by atoms with E-state index >= 15 is 0 Å². The van der Waals surface area contributed by atoms with Crippen molar-refractivity contribution < 1.29 is 9.90 Å². The van der Waals surface area contributed by atoms with E-state index in [1.165, 1.54) is 0 Å². The molecule has 0 aliphatic carbocycles. The summed E-state index contributed by atoms with van der Waals surface area (Å²) in [6.07, 6.45) is -0.0704. The predicted molar refractivity (Wildman–Crippen MR) is 66.7 cm³/mol. The van der Waals surface area contributed by atoms with Gasteiger partial charge in [0.15, 0.2) is 5.82 Å². The van der Waals surface area contributed by atoms with Crippen molar-refractivity contribution in [1.82, 2.24) is 19.6 Å². The lowest BCUT2D eigenvalue weighted by molar-refractivity contribution is -0.136. The van der Waals surface area contributed by atoms with Crippen LogP contribution in [-0.4, -0.2) is 30.7 Å². The van der Waals surface area contributed by atoms with E-state index in [-0.39, 0.29) is 6.42 Å². The lowest BCUT2D eigenvalue weighted by Crippen LogP contribution is -2.05. The maximum absolute atomic E-state index is 10.8. The highest BCUT2D eigenvalue weighted by molar-refractivity contribution is 7.13. The van der Waals surface area contributed by atoms with Crippen LogP contribution < -0.4 is 0 Å². The predicted octanol–water partition coefficient (Wildman–Crippen LogP) is 1.72. The van der Waals surface area contributed by atoms with Gasteiger partial charge in [-0.05, 0) is 18.4 Å². The van der Waals surface area contributed by atoms with E-state index in [2.05, 4.69) is 15.1 Å². The Bertz CT molecular complexity index is 711. The van der Waals surface area contributed by atoms with Crippen LogP contribution in [0, 0.1) is 6.92 Å². The summed E-state index contributed by atoms with van der Waals surface area (Å²) in [4.78, 5) is 20.4. The number of H-pyrrole nitrogens is 1. The molecule has 2 N–H and O–H groups in total. The summed E-state index contributed by atoms with van der Waals surface area (Å²) >= 11 is 1.57. The van der Waals surface area contributed by atoms with Crippen LogP contribution >= 0.6 is 11.3 Å². The zero-order valence-corrected chi connectivity index (χ0v) is 10.4.